The number of benzene rings is 2. The van der Waals surface area contributed by atoms with Gasteiger partial charge in [-0.25, -0.2) is 4.98 Å². The molecule has 0 aliphatic heterocycles. The third-order valence-electron chi connectivity index (χ3n) is 7.19. The van der Waals surface area contributed by atoms with Gasteiger partial charge >= 0.3 is 0 Å². The molecule has 1 heterocycles. The van der Waals surface area contributed by atoms with Gasteiger partial charge in [-0.3, -0.25) is 0 Å². The third kappa shape index (κ3) is 2.60. The topological polar surface area (TPSA) is 57.8 Å². The van der Waals surface area contributed by atoms with Gasteiger partial charge in [0.15, 0.2) is 0 Å². The minimum atomic E-state index is 0.153. The highest BCUT2D eigenvalue weighted by atomic mass is 32.1. The maximum atomic E-state index is 10.3. The van der Waals surface area contributed by atoms with Crippen molar-refractivity contribution in [3.05, 3.63) is 47.5 Å². The van der Waals surface area contributed by atoms with E-state index < -0.39 is 0 Å². The zero-order valence-electron chi connectivity index (χ0n) is 15.7. The molecule has 0 spiro atoms. The van der Waals surface area contributed by atoms with E-state index in [0.717, 1.165) is 28.5 Å². The molecule has 0 amide bonds. The summed E-state index contributed by atoms with van der Waals surface area (Å²) < 4.78 is 0. The molecule has 4 aliphatic rings. The molecule has 0 radical (unpaired) electrons. The van der Waals surface area contributed by atoms with Crippen LogP contribution in [0, 0.1) is 17.8 Å². The van der Waals surface area contributed by atoms with E-state index in [1.54, 1.807) is 17.4 Å². The Morgan fingerprint density at radius 3 is 2.39 bits per heavy atom. The van der Waals surface area contributed by atoms with Crippen LogP contribution in [0.5, 0.6) is 5.75 Å². The fourth-order valence-corrected chi connectivity index (χ4v) is 7.18. The van der Waals surface area contributed by atoms with Crippen LogP contribution in [0.25, 0.3) is 10.8 Å². The quantitative estimate of drug-likeness (QED) is 0.496. The predicted molar refractivity (Wildman–Crippen MR) is 112 cm³/mol. The molecule has 4 saturated carbocycles. The smallest absolute Gasteiger partial charge is 0.230 e. The number of aromatic nitrogens is 1. The molecule has 5 heteroatoms. The van der Waals surface area contributed by atoms with Gasteiger partial charge in [-0.15, -0.1) is 21.6 Å². The molecule has 0 atom stereocenters. The number of phenolic OH excluding ortho intramolecular Hbond substituents is 1. The summed E-state index contributed by atoms with van der Waals surface area (Å²) >= 11 is 1.58. The summed E-state index contributed by atoms with van der Waals surface area (Å²) in [5.41, 5.74) is 2.05. The van der Waals surface area contributed by atoms with E-state index in [0.29, 0.717) is 16.2 Å². The van der Waals surface area contributed by atoms with Gasteiger partial charge in [-0.05, 0) is 67.7 Å². The number of aromatic hydroxyl groups is 1. The minimum Gasteiger partial charge on any atom is -0.506 e. The lowest BCUT2D eigenvalue weighted by molar-refractivity contribution is -0.00689. The second kappa shape index (κ2) is 6.11. The van der Waals surface area contributed by atoms with E-state index in [-0.39, 0.29) is 5.75 Å². The second-order valence-electron chi connectivity index (χ2n) is 9.07. The van der Waals surface area contributed by atoms with Crippen LogP contribution in [-0.2, 0) is 5.41 Å². The summed E-state index contributed by atoms with van der Waals surface area (Å²) in [5.74, 6) is 2.88. The predicted octanol–water partition coefficient (Wildman–Crippen LogP) is 6.89. The van der Waals surface area contributed by atoms with Crippen molar-refractivity contribution >= 4 is 32.9 Å². The van der Waals surface area contributed by atoms with Gasteiger partial charge in [-0.2, -0.15) is 0 Å². The van der Waals surface area contributed by atoms with Crippen LogP contribution in [0.3, 0.4) is 0 Å². The number of nitrogens with zero attached hydrogens (tertiary/aromatic N) is 3. The van der Waals surface area contributed by atoms with E-state index in [1.807, 2.05) is 30.3 Å². The number of thiazole rings is 1. The Balaban J connectivity index is 1.32. The normalized spacial score (nSPS) is 31.2. The molecule has 4 nitrogen and oxygen atoms in total. The number of rotatable bonds is 3. The van der Waals surface area contributed by atoms with E-state index >= 15 is 0 Å². The van der Waals surface area contributed by atoms with Gasteiger partial charge in [-0.1, -0.05) is 30.3 Å². The van der Waals surface area contributed by atoms with E-state index in [4.69, 9.17) is 4.98 Å². The minimum absolute atomic E-state index is 0.153. The Kier molecular flexibility index (Phi) is 3.64. The highest BCUT2D eigenvalue weighted by molar-refractivity contribution is 7.13. The van der Waals surface area contributed by atoms with Gasteiger partial charge in [0.05, 0.1) is 5.69 Å². The van der Waals surface area contributed by atoms with E-state index in [2.05, 4.69) is 15.6 Å². The molecule has 1 N–H and O–H groups in total. The van der Waals surface area contributed by atoms with Crippen LogP contribution >= 0.6 is 11.3 Å². The van der Waals surface area contributed by atoms with Gasteiger partial charge < -0.3 is 5.11 Å². The Morgan fingerprint density at radius 1 is 0.929 bits per heavy atom. The van der Waals surface area contributed by atoms with Gasteiger partial charge in [0, 0.05) is 16.2 Å². The first-order valence-corrected chi connectivity index (χ1v) is 11.1. The summed E-state index contributed by atoms with van der Waals surface area (Å²) in [4.78, 5) is 4.90. The largest absolute Gasteiger partial charge is 0.506 e. The SMILES string of the molecule is Oc1ccc2ccccc2c1N=Nc1nc(C23CC4CC(CC(C4)C2)C3)cs1. The first-order chi connectivity index (χ1) is 13.7. The molecule has 142 valence electrons. The number of fused-ring (bicyclic) bond motifs is 1. The van der Waals surface area contributed by atoms with Crippen molar-refractivity contribution in [3.8, 4) is 5.75 Å². The van der Waals surface area contributed by atoms with Crippen LogP contribution in [0.15, 0.2) is 52.0 Å². The Morgan fingerprint density at radius 2 is 1.64 bits per heavy atom. The summed E-state index contributed by atoms with van der Waals surface area (Å²) in [6, 6.07) is 11.5. The lowest BCUT2D eigenvalue weighted by Gasteiger charge is -2.56. The van der Waals surface area contributed by atoms with Crippen molar-refractivity contribution in [3.63, 3.8) is 0 Å². The summed E-state index contributed by atoms with van der Waals surface area (Å²) in [5, 5.41) is 23.9. The van der Waals surface area contributed by atoms with Gasteiger partial charge in [0.1, 0.15) is 11.4 Å². The molecular formula is C23H23N3OS. The highest BCUT2D eigenvalue weighted by Crippen LogP contribution is 2.60. The molecule has 0 unspecified atom stereocenters. The van der Waals surface area contributed by atoms with E-state index in [1.165, 1.54) is 44.2 Å². The fourth-order valence-electron chi connectivity index (χ4n) is 6.42. The molecule has 2 aromatic carbocycles. The molecule has 4 bridgehead atoms. The summed E-state index contributed by atoms with van der Waals surface area (Å²) in [6.07, 6.45) is 8.25. The van der Waals surface area contributed by atoms with E-state index in [9.17, 15) is 5.11 Å². The first kappa shape index (κ1) is 16.7. The Bertz CT molecular complexity index is 1050. The second-order valence-corrected chi connectivity index (χ2v) is 9.90. The molecule has 4 aliphatic carbocycles. The van der Waals surface area contributed by atoms with Crippen molar-refractivity contribution in [1.29, 1.82) is 0 Å². The van der Waals surface area contributed by atoms with Crippen molar-refractivity contribution in [1.82, 2.24) is 4.98 Å². The molecule has 3 aromatic rings. The van der Waals surface area contributed by atoms with Crippen LogP contribution in [0.2, 0.25) is 0 Å². The molecule has 0 saturated heterocycles. The summed E-state index contributed by atoms with van der Waals surface area (Å²) in [6.45, 7) is 0. The maximum Gasteiger partial charge on any atom is 0.230 e. The number of phenols is 1. The number of azo groups is 1. The molecule has 4 fully saturated rings. The first-order valence-electron chi connectivity index (χ1n) is 10.3. The van der Waals surface area contributed by atoms with Crippen molar-refractivity contribution in [2.75, 3.05) is 0 Å². The van der Waals surface area contributed by atoms with Crippen molar-refractivity contribution < 1.29 is 5.11 Å². The zero-order valence-corrected chi connectivity index (χ0v) is 16.5. The zero-order chi connectivity index (χ0) is 18.7. The Hall–Kier alpha value is -2.27. The Labute approximate surface area is 168 Å². The van der Waals surface area contributed by atoms with Crippen LogP contribution in [0.4, 0.5) is 10.8 Å². The summed E-state index contributed by atoms with van der Waals surface area (Å²) in [7, 11) is 0. The van der Waals surface area contributed by atoms with Crippen molar-refractivity contribution in [2.24, 2.45) is 28.0 Å². The third-order valence-corrected chi connectivity index (χ3v) is 7.91. The standard InChI is InChI=1S/C23H23N3OS/c27-19-6-5-17-3-1-2-4-18(17)21(19)25-26-22-24-20(13-28-22)23-10-14-7-15(11-23)9-16(8-14)12-23/h1-6,13-16,27H,7-12H2. The average molecular weight is 390 g/mol. The van der Waals surface area contributed by atoms with Crippen LogP contribution in [-0.4, -0.2) is 10.1 Å². The molecular weight excluding hydrogens is 366 g/mol. The monoisotopic (exact) mass is 389 g/mol. The number of hydrogen-bond donors (Lipinski definition) is 1. The average Bonchev–Trinajstić information content (AvgIpc) is 3.16. The lowest BCUT2D eigenvalue weighted by atomic mass is 9.49. The van der Waals surface area contributed by atoms with Gasteiger partial charge in [0.25, 0.3) is 0 Å². The highest BCUT2D eigenvalue weighted by Gasteiger charge is 2.52. The lowest BCUT2D eigenvalue weighted by Crippen LogP contribution is -2.48. The van der Waals surface area contributed by atoms with Gasteiger partial charge in [0.2, 0.25) is 5.13 Å². The molecule has 28 heavy (non-hydrogen) atoms. The molecule has 1 aromatic heterocycles. The van der Waals surface area contributed by atoms with Crippen molar-refractivity contribution in [2.45, 2.75) is 43.9 Å². The fraction of sp³-hybridized carbons (Fsp3) is 0.435. The van der Waals surface area contributed by atoms with Crippen LogP contribution < -0.4 is 0 Å². The maximum absolute atomic E-state index is 10.3. The van der Waals surface area contributed by atoms with Crippen LogP contribution in [0.1, 0.15) is 44.2 Å². The molecule has 7 rings (SSSR count). The number of hydrogen-bond acceptors (Lipinski definition) is 5.